The summed E-state index contributed by atoms with van der Waals surface area (Å²) >= 11 is 9.84. The van der Waals surface area contributed by atoms with Crippen LogP contribution >= 0.6 is 27.5 Å². The summed E-state index contributed by atoms with van der Waals surface area (Å²) in [5, 5.41) is 6.91. The van der Waals surface area contributed by atoms with Gasteiger partial charge in [0.15, 0.2) is 29.7 Å². The number of anilines is 1. The molecule has 0 aromatic heterocycles. The van der Waals surface area contributed by atoms with Crippen molar-refractivity contribution in [2.75, 3.05) is 18.5 Å². The lowest BCUT2D eigenvalue weighted by Gasteiger charge is -2.44. The zero-order valence-electron chi connectivity index (χ0n) is 25.5. The van der Waals surface area contributed by atoms with Gasteiger partial charge in [-0.1, -0.05) is 45.4 Å². The fraction of sp³-hybridized carbons (Fsp3) is 0.441. The number of hydrogen-bond acceptors (Lipinski definition) is 6. The Morgan fingerprint density at radius 2 is 1.58 bits per heavy atom. The summed E-state index contributed by atoms with van der Waals surface area (Å²) in [5.41, 5.74) is 5.01. The number of hydrogen-bond donors (Lipinski definition) is 2. The molecular formula is C34H38BrClN2O5. The Bertz CT molecular complexity index is 1540. The standard InChI is InChI=1S/C34H38BrClN2O5/c1-7-42-27-11-19(10-21(35)32(27)43-17-28(41)37-20-9-8-18(2)22(36)12-20)29-30-23(13-33(3,4)15-25(30)39)38-24-14-34(5,6)16-26(40)31(24)29/h8-12,29,38H,7,13-17H2,1-6H3,(H,37,41). The molecule has 9 heteroatoms. The lowest BCUT2D eigenvalue weighted by Crippen LogP contribution is -2.42. The fourth-order valence-corrected chi connectivity index (χ4v) is 7.14. The number of ketones is 2. The maximum Gasteiger partial charge on any atom is 0.262 e. The number of carbonyl (C=O) groups excluding carboxylic acids is 3. The molecule has 1 heterocycles. The second-order valence-corrected chi connectivity index (χ2v) is 14.5. The third-order valence-corrected chi connectivity index (χ3v) is 9.18. The average molecular weight is 670 g/mol. The van der Waals surface area contributed by atoms with Crippen molar-refractivity contribution < 1.29 is 23.9 Å². The van der Waals surface area contributed by atoms with Crippen molar-refractivity contribution in [3.05, 3.63) is 73.5 Å². The first-order valence-corrected chi connectivity index (χ1v) is 15.8. The monoisotopic (exact) mass is 668 g/mol. The van der Waals surface area contributed by atoms with E-state index in [-0.39, 0.29) is 34.9 Å². The van der Waals surface area contributed by atoms with Crippen LogP contribution in [0.1, 0.15) is 77.3 Å². The molecule has 43 heavy (non-hydrogen) atoms. The largest absolute Gasteiger partial charge is 0.490 e. The highest BCUT2D eigenvalue weighted by Crippen LogP contribution is 2.52. The summed E-state index contributed by atoms with van der Waals surface area (Å²) in [5.74, 6) is 0.0236. The lowest BCUT2D eigenvalue weighted by molar-refractivity contribution is -0.119. The van der Waals surface area contributed by atoms with Crippen molar-refractivity contribution in [1.29, 1.82) is 0 Å². The average Bonchev–Trinajstić information content (AvgIpc) is 2.87. The smallest absolute Gasteiger partial charge is 0.262 e. The van der Waals surface area contributed by atoms with Crippen molar-refractivity contribution in [1.82, 2.24) is 5.32 Å². The van der Waals surface area contributed by atoms with Gasteiger partial charge >= 0.3 is 0 Å². The number of nitrogens with one attached hydrogen (secondary N) is 2. The second-order valence-electron chi connectivity index (χ2n) is 13.3. The highest BCUT2D eigenvalue weighted by Gasteiger charge is 2.46. The molecule has 7 nitrogen and oxygen atoms in total. The van der Waals surface area contributed by atoms with Gasteiger partial charge in [0.2, 0.25) is 0 Å². The third-order valence-electron chi connectivity index (χ3n) is 8.19. The van der Waals surface area contributed by atoms with Crippen LogP contribution in [-0.2, 0) is 14.4 Å². The zero-order valence-corrected chi connectivity index (χ0v) is 27.8. The Balaban J connectivity index is 1.51. The summed E-state index contributed by atoms with van der Waals surface area (Å²) in [6.45, 7) is 12.3. The minimum atomic E-state index is -0.516. The van der Waals surface area contributed by atoms with Crippen molar-refractivity contribution in [3.63, 3.8) is 0 Å². The molecule has 228 valence electrons. The topological polar surface area (TPSA) is 93.7 Å². The molecule has 0 atom stereocenters. The number of dihydropyridines is 1. The Hall–Kier alpha value is -3.10. The van der Waals surface area contributed by atoms with Gasteiger partial charge in [0.05, 0.1) is 11.1 Å². The van der Waals surface area contributed by atoms with Crippen LogP contribution in [0.4, 0.5) is 5.69 Å². The van der Waals surface area contributed by atoms with Gasteiger partial charge in [0.1, 0.15) is 0 Å². The first kappa shape index (κ1) is 31.3. The Morgan fingerprint density at radius 1 is 0.977 bits per heavy atom. The summed E-state index contributed by atoms with van der Waals surface area (Å²) in [6.07, 6.45) is 2.26. The number of amides is 1. The fourth-order valence-electron chi connectivity index (χ4n) is 6.39. The van der Waals surface area contributed by atoms with E-state index >= 15 is 0 Å². The molecular weight excluding hydrogens is 632 g/mol. The highest BCUT2D eigenvalue weighted by molar-refractivity contribution is 9.10. The van der Waals surface area contributed by atoms with E-state index in [1.807, 2.05) is 32.0 Å². The molecule has 2 aliphatic carbocycles. The lowest BCUT2D eigenvalue weighted by atomic mass is 9.64. The number of halogens is 2. The van der Waals surface area contributed by atoms with Crippen LogP contribution in [0, 0.1) is 17.8 Å². The van der Waals surface area contributed by atoms with E-state index < -0.39 is 5.92 Å². The summed E-state index contributed by atoms with van der Waals surface area (Å²) < 4.78 is 12.5. The number of rotatable bonds is 7. The van der Waals surface area contributed by atoms with E-state index in [1.54, 1.807) is 12.1 Å². The van der Waals surface area contributed by atoms with Gasteiger partial charge in [-0.2, -0.15) is 0 Å². The van der Waals surface area contributed by atoms with Crippen LogP contribution < -0.4 is 20.1 Å². The van der Waals surface area contributed by atoms with E-state index in [2.05, 4.69) is 54.3 Å². The number of carbonyl (C=O) groups is 3. The number of Topliss-reactive ketones (excluding diaryl/α,β-unsaturated/α-hetero) is 2. The molecule has 2 N–H and O–H groups in total. The van der Waals surface area contributed by atoms with Crippen molar-refractivity contribution in [2.45, 2.75) is 73.1 Å². The maximum atomic E-state index is 13.7. The molecule has 0 radical (unpaired) electrons. The number of allylic oxidation sites excluding steroid dienone is 4. The van der Waals surface area contributed by atoms with E-state index in [1.165, 1.54) is 0 Å². The molecule has 5 rings (SSSR count). The van der Waals surface area contributed by atoms with E-state index in [0.717, 1.165) is 35.4 Å². The van der Waals surface area contributed by atoms with Gasteiger partial charge in [-0.25, -0.2) is 0 Å². The van der Waals surface area contributed by atoms with Gasteiger partial charge in [0.25, 0.3) is 5.91 Å². The van der Waals surface area contributed by atoms with E-state index in [0.29, 0.717) is 57.3 Å². The molecule has 0 spiro atoms. The van der Waals surface area contributed by atoms with Gasteiger partial charge in [-0.15, -0.1) is 0 Å². The number of aryl methyl sites for hydroxylation is 1. The first-order valence-electron chi connectivity index (χ1n) is 14.6. The maximum absolute atomic E-state index is 13.7. The Kier molecular flexibility index (Phi) is 8.58. The van der Waals surface area contributed by atoms with E-state index in [9.17, 15) is 14.4 Å². The van der Waals surface area contributed by atoms with Crippen LogP contribution in [-0.4, -0.2) is 30.7 Å². The minimum Gasteiger partial charge on any atom is -0.490 e. The van der Waals surface area contributed by atoms with Gasteiger partial charge in [0, 0.05) is 52.0 Å². The quantitative estimate of drug-likeness (QED) is 0.313. The van der Waals surface area contributed by atoms with Gasteiger partial charge in [-0.05, 0) is 88.8 Å². The predicted octanol–water partition coefficient (Wildman–Crippen LogP) is 7.80. The molecule has 2 aromatic carbocycles. The van der Waals surface area contributed by atoms with Crippen LogP contribution in [0.5, 0.6) is 11.5 Å². The van der Waals surface area contributed by atoms with Crippen molar-refractivity contribution in [2.24, 2.45) is 10.8 Å². The molecule has 0 bridgehead atoms. The Morgan fingerprint density at radius 3 is 2.14 bits per heavy atom. The molecule has 1 amide bonds. The zero-order chi connectivity index (χ0) is 31.3. The molecule has 0 unspecified atom stereocenters. The van der Waals surface area contributed by atoms with Crippen LogP contribution in [0.15, 0.2) is 57.3 Å². The molecule has 0 saturated heterocycles. The van der Waals surface area contributed by atoms with Crippen molar-refractivity contribution >= 4 is 50.7 Å². The number of ether oxygens (including phenoxy) is 2. The third kappa shape index (κ3) is 6.55. The van der Waals surface area contributed by atoms with Gasteiger partial charge in [-0.3, -0.25) is 14.4 Å². The Labute approximate surface area is 266 Å². The molecule has 0 fully saturated rings. The second kappa shape index (κ2) is 11.8. The normalized spacial score (nSPS) is 19.4. The summed E-state index contributed by atoms with van der Waals surface area (Å²) in [6, 6.07) is 9.02. The molecule has 1 aliphatic heterocycles. The minimum absolute atomic E-state index is 0.0511. The highest BCUT2D eigenvalue weighted by atomic mass is 79.9. The van der Waals surface area contributed by atoms with Crippen LogP contribution in [0.2, 0.25) is 5.02 Å². The van der Waals surface area contributed by atoms with Gasteiger partial charge < -0.3 is 20.1 Å². The molecule has 3 aliphatic rings. The van der Waals surface area contributed by atoms with Crippen LogP contribution in [0.3, 0.4) is 0 Å². The molecule has 2 aromatic rings. The summed E-state index contributed by atoms with van der Waals surface area (Å²) in [4.78, 5) is 40.2. The van der Waals surface area contributed by atoms with Crippen molar-refractivity contribution in [3.8, 4) is 11.5 Å². The van der Waals surface area contributed by atoms with Crippen LogP contribution in [0.25, 0.3) is 0 Å². The SMILES string of the molecule is CCOc1cc(C2C3=C(CC(C)(C)CC3=O)NC3=C2C(=O)CC(C)(C)C3)cc(Br)c1OCC(=O)Nc1ccc(C)c(Cl)c1. The summed E-state index contributed by atoms with van der Waals surface area (Å²) in [7, 11) is 0. The van der Waals surface area contributed by atoms with E-state index in [4.69, 9.17) is 21.1 Å². The predicted molar refractivity (Wildman–Crippen MR) is 172 cm³/mol. The number of benzene rings is 2. The molecule has 0 saturated carbocycles. The first-order chi connectivity index (χ1) is 20.2.